The zero-order chi connectivity index (χ0) is 9.47. The van der Waals surface area contributed by atoms with Crippen LogP contribution in [0.1, 0.15) is 25.0 Å². The number of hydrogen-bond donors (Lipinski definition) is 0. The SMILES string of the molecule is CC1(C)Cc2cc(CCl)ccc2O1. The Morgan fingerprint density at radius 1 is 1.46 bits per heavy atom. The first-order valence-corrected chi connectivity index (χ1v) is 5.01. The third kappa shape index (κ3) is 1.66. The van der Waals surface area contributed by atoms with Crippen molar-refractivity contribution in [3.05, 3.63) is 29.3 Å². The molecule has 0 saturated carbocycles. The van der Waals surface area contributed by atoms with Gasteiger partial charge in [0.05, 0.1) is 0 Å². The average molecular weight is 197 g/mol. The summed E-state index contributed by atoms with van der Waals surface area (Å²) in [5.74, 6) is 1.59. The van der Waals surface area contributed by atoms with Crippen molar-refractivity contribution < 1.29 is 4.74 Å². The van der Waals surface area contributed by atoms with E-state index in [1.165, 1.54) is 11.1 Å². The zero-order valence-corrected chi connectivity index (χ0v) is 8.69. The van der Waals surface area contributed by atoms with Gasteiger partial charge < -0.3 is 4.74 Å². The lowest BCUT2D eigenvalue weighted by Crippen LogP contribution is -2.24. The molecule has 1 aromatic rings. The van der Waals surface area contributed by atoms with Crippen LogP contribution in [0, 0.1) is 0 Å². The minimum absolute atomic E-state index is 0.0483. The molecule has 0 spiro atoms. The highest BCUT2D eigenvalue weighted by Crippen LogP contribution is 2.35. The quantitative estimate of drug-likeness (QED) is 0.627. The normalized spacial score (nSPS) is 18.1. The van der Waals surface area contributed by atoms with Gasteiger partial charge in [0.25, 0.3) is 0 Å². The molecule has 70 valence electrons. The first-order chi connectivity index (χ1) is 6.11. The molecule has 2 heteroatoms. The van der Waals surface area contributed by atoms with Crippen molar-refractivity contribution in [2.24, 2.45) is 0 Å². The van der Waals surface area contributed by atoms with E-state index >= 15 is 0 Å². The van der Waals surface area contributed by atoms with E-state index in [9.17, 15) is 0 Å². The van der Waals surface area contributed by atoms with E-state index in [0.717, 1.165) is 12.2 Å². The van der Waals surface area contributed by atoms with Gasteiger partial charge in [-0.3, -0.25) is 0 Å². The van der Waals surface area contributed by atoms with E-state index in [2.05, 4.69) is 19.9 Å². The summed E-state index contributed by atoms with van der Waals surface area (Å²) in [5.41, 5.74) is 2.40. The number of rotatable bonds is 1. The van der Waals surface area contributed by atoms with Gasteiger partial charge in [0.1, 0.15) is 11.4 Å². The zero-order valence-electron chi connectivity index (χ0n) is 7.93. The van der Waals surface area contributed by atoms with Crippen molar-refractivity contribution in [2.75, 3.05) is 0 Å². The molecular formula is C11H13ClO. The Bertz CT molecular complexity index is 331. The van der Waals surface area contributed by atoms with Crippen molar-refractivity contribution >= 4 is 11.6 Å². The highest BCUT2D eigenvalue weighted by molar-refractivity contribution is 6.17. The van der Waals surface area contributed by atoms with Crippen LogP contribution in [0.15, 0.2) is 18.2 Å². The Morgan fingerprint density at radius 3 is 2.92 bits per heavy atom. The molecule has 0 saturated heterocycles. The average Bonchev–Trinajstić information content (AvgIpc) is 2.36. The van der Waals surface area contributed by atoms with Crippen LogP contribution < -0.4 is 4.74 Å². The number of alkyl halides is 1. The fourth-order valence-corrected chi connectivity index (χ4v) is 1.91. The van der Waals surface area contributed by atoms with Crippen molar-refractivity contribution in [3.63, 3.8) is 0 Å². The molecule has 1 aromatic carbocycles. The number of fused-ring (bicyclic) bond motifs is 1. The predicted molar refractivity (Wildman–Crippen MR) is 54.4 cm³/mol. The van der Waals surface area contributed by atoms with Crippen LogP contribution in [0.3, 0.4) is 0 Å². The van der Waals surface area contributed by atoms with E-state index in [1.54, 1.807) is 0 Å². The second kappa shape index (κ2) is 2.91. The Labute approximate surface area is 83.7 Å². The molecule has 1 nitrogen and oxygen atoms in total. The van der Waals surface area contributed by atoms with Gasteiger partial charge in [0, 0.05) is 12.3 Å². The summed E-state index contributed by atoms with van der Waals surface area (Å²) >= 11 is 5.76. The molecule has 0 aromatic heterocycles. The molecule has 1 aliphatic rings. The van der Waals surface area contributed by atoms with E-state index in [-0.39, 0.29) is 5.60 Å². The topological polar surface area (TPSA) is 9.23 Å². The molecule has 2 rings (SSSR count). The van der Waals surface area contributed by atoms with Gasteiger partial charge in [-0.1, -0.05) is 12.1 Å². The first kappa shape index (κ1) is 8.89. The summed E-state index contributed by atoms with van der Waals surface area (Å²) in [6, 6.07) is 6.17. The van der Waals surface area contributed by atoms with Crippen LogP contribution in [0.25, 0.3) is 0 Å². The molecule has 13 heavy (non-hydrogen) atoms. The number of hydrogen-bond acceptors (Lipinski definition) is 1. The minimum Gasteiger partial charge on any atom is -0.487 e. The predicted octanol–water partition coefficient (Wildman–Crippen LogP) is 3.14. The summed E-state index contributed by atoms with van der Waals surface area (Å²) in [4.78, 5) is 0. The Morgan fingerprint density at radius 2 is 2.23 bits per heavy atom. The highest BCUT2D eigenvalue weighted by atomic mass is 35.5. The molecule has 1 heterocycles. The summed E-state index contributed by atoms with van der Waals surface area (Å²) in [7, 11) is 0. The largest absolute Gasteiger partial charge is 0.487 e. The standard InChI is InChI=1S/C11H13ClO/c1-11(2)6-9-5-8(7-12)3-4-10(9)13-11/h3-5H,6-7H2,1-2H3. The molecule has 0 amide bonds. The van der Waals surface area contributed by atoms with Gasteiger partial charge >= 0.3 is 0 Å². The highest BCUT2D eigenvalue weighted by Gasteiger charge is 2.29. The minimum atomic E-state index is -0.0483. The van der Waals surface area contributed by atoms with Gasteiger partial charge in [-0.25, -0.2) is 0 Å². The van der Waals surface area contributed by atoms with E-state index in [0.29, 0.717) is 5.88 Å². The second-order valence-corrected chi connectivity index (χ2v) is 4.38. The lowest BCUT2D eigenvalue weighted by atomic mass is 10.0. The summed E-state index contributed by atoms with van der Waals surface area (Å²) in [5, 5.41) is 0. The van der Waals surface area contributed by atoms with Crippen LogP contribution in [0.4, 0.5) is 0 Å². The molecule has 0 aliphatic carbocycles. The fraction of sp³-hybridized carbons (Fsp3) is 0.455. The summed E-state index contributed by atoms with van der Waals surface area (Å²) < 4.78 is 5.75. The monoisotopic (exact) mass is 196 g/mol. The Hall–Kier alpha value is -0.690. The van der Waals surface area contributed by atoms with Gasteiger partial charge in [0.2, 0.25) is 0 Å². The molecule has 0 radical (unpaired) electrons. The Kier molecular flexibility index (Phi) is 1.99. The maximum atomic E-state index is 5.76. The smallest absolute Gasteiger partial charge is 0.123 e. The van der Waals surface area contributed by atoms with E-state index < -0.39 is 0 Å². The number of benzene rings is 1. The van der Waals surface area contributed by atoms with Crippen molar-refractivity contribution in [2.45, 2.75) is 31.7 Å². The van der Waals surface area contributed by atoms with Crippen LogP contribution in [-0.2, 0) is 12.3 Å². The van der Waals surface area contributed by atoms with Gasteiger partial charge in [-0.05, 0) is 31.0 Å². The summed E-state index contributed by atoms with van der Waals surface area (Å²) in [6.07, 6.45) is 0.979. The number of ether oxygens (including phenoxy) is 1. The molecule has 0 bridgehead atoms. The van der Waals surface area contributed by atoms with Crippen LogP contribution in [0.5, 0.6) is 5.75 Å². The molecule has 0 fully saturated rings. The maximum absolute atomic E-state index is 5.76. The second-order valence-electron chi connectivity index (χ2n) is 4.11. The fourth-order valence-electron chi connectivity index (χ4n) is 1.75. The van der Waals surface area contributed by atoms with E-state index in [4.69, 9.17) is 16.3 Å². The van der Waals surface area contributed by atoms with Crippen LogP contribution >= 0.6 is 11.6 Å². The van der Waals surface area contributed by atoms with Crippen LogP contribution in [0.2, 0.25) is 0 Å². The van der Waals surface area contributed by atoms with Gasteiger partial charge in [0.15, 0.2) is 0 Å². The lowest BCUT2D eigenvalue weighted by molar-refractivity contribution is 0.138. The van der Waals surface area contributed by atoms with E-state index in [1.807, 2.05) is 12.1 Å². The van der Waals surface area contributed by atoms with Crippen molar-refractivity contribution in [3.8, 4) is 5.75 Å². The van der Waals surface area contributed by atoms with Gasteiger partial charge in [-0.2, -0.15) is 0 Å². The Balaban J connectivity index is 2.36. The van der Waals surface area contributed by atoms with Crippen molar-refractivity contribution in [1.82, 2.24) is 0 Å². The molecule has 0 N–H and O–H groups in total. The molecule has 0 unspecified atom stereocenters. The lowest BCUT2D eigenvalue weighted by Gasteiger charge is -2.16. The molecular weight excluding hydrogens is 184 g/mol. The third-order valence-electron chi connectivity index (χ3n) is 2.28. The van der Waals surface area contributed by atoms with Gasteiger partial charge in [-0.15, -0.1) is 11.6 Å². The first-order valence-electron chi connectivity index (χ1n) is 4.47. The summed E-state index contributed by atoms with van der Waals surface area (Å²) in [6.45, 7) is 4.21. The molecule has 0 atom stereocenters. The van der Waals surface area contributed by atoms with Crippen LogP contribution in [-0.4, -0.2) is 5.60 Å². The maximum Gasteiger partial charge on any atom is 0.123 e. The molecule has 1 aliphatic heterocycles. The van der Waals surface area contributed by atoms with Crippen molar-refractivity contribution in [1.29, 1.82) is 0 Å². The third-order valence-corrected chi connectivity index (χ3v) is 2.59. The number of halogens is 1.